The third kappa shape index (κ3) is 15.2. The number of rotatable bonds is 20. The van der Waals surface area contributed by atoms with Gasteiger partial charge in [0.15, 0.2) is 0 Å². The molecule has 23 heteroatoms. The summed E-state index contributed by atoms with van der Waals surface area (Å²) in [4.78, 5) is 31.2. The number of phenolic OH excluding ortho intramolecular Hbond substituents is 3. The second kappa shape index (κ2) is 29.5. The summed E-state index contributed by atoms with van der Waals surface area (Å²) < 4.78 is 59.6. The molecule has 0 aliphatic carbocycles. The Morgan fingerprint density at radius 1 is 0.299 bits per heavy atom. The van der Waals surface area contributed by atoms with Gasteiger partial charge in [0.25, 0.3) is 0 Å². The fraction of sp³-hybridized carbons (Fsp3) is 0.189. The van der Waals surface area contributed by atoms with Crippen LogP contribution in [0.3, 0.4) is 0 Å². The fourth-order valence-electron chi connectivity index (χ4n) is 9.79. The van der Waals surface area contributed by atoms with Crippen LogP contribution in [-0.4, -0.2) is 33.7 Å². The molecule has 10 aromatic rings. The number of nitrogens with zero attached hydrogens (tertiary/aromatic N) is 5. The van der Waals surface area contributed by atoms with Crippen molar-refractivity contribution in [3.05, 3.63) is 278 Å². The Kier molecular flexibility index (Phi) is 21.2. The van der Waals surface area contributed by atoms with Crippen LogP contribution in [0, 0.1) is 96.9 Å². The van der Waals surface area contributed by atoms with Crippen LogP contribution in [0.5, 0.6) is 74.7 Å². The van der Waals surface area contributed by atoms with Gasteiger partial charge >= 0.3 is 576 Å². The normalized spacial score (nSPS) is 17.2. The molecule has 18 nitrogen and oxygen atoms in total. The molecule has 0 fully saturated rings. The quantitative estimate of drug-likeness (QED) is 0.0613. The molecule has 502 valence electrons. The molecule has 0 aromatic heterocycles. The topological polar surface area (TPSA) is 178 Å². The first kappa shape index (κ1) is 69.6. The molecule has 0 bridgehead atoms. The van der Waals surface area contributed by atoms with Crippen LogP contribution in [0.25, 0.3) is 0 Å². The molecule has 97 heavy (non-hydrogen) atoms. The number of phenols is 3. The van der Waals surface area contributed by atoms with Crippen LogP contribution in [-0.2, 0) is 0 Å². The molecule has 10 aromatic carbocycles. The summed E-state index contributed by atoms with van der Waals surface area (Å²) in [7, 11) is -15.8. The van der Waals surface area contributed by atoms with E-state index in [-0.39, 0.29) is 48.8 Å². The van der Waals surface area contributed by atoms with Gasteiger partial charge in [-0.1, -0.05) is 0 Å². The number of aryl methyl sites for hydroxylation is 7. The van der Waals surface area contributed by atoms with E-state index < -0.39 is 32.9 Å². The number of benzene rings is 10. The van der Waals surface area contributed by atoms with Crippen molar-refractivity contribution in [2.45, 2.75) is 96.9 Å². The van der Waals surface area contributed by atoms with Gasteiger partial charge in [-0.25, -0.2) is 0 Å². The van der Waals surface area contributed by atoms with Crippen LogP contribution >= 0.6 is 41.5 Å². The Balaban J connectivity index is 1.43. The van der Waals surface area contributed by atoms with Gasteiger partial charge < -0.3 is 0 Å². The molecule has 11 rings (SSSR count). The third-order valence-electron chi connectivity index (χ3n) is 16.9. The fourth-order valence-corrected chi connectivity index (χ4v) is 22.2. The molecule has 0 radical (unpaired) electrons. The Hall–Kier alpha value is -8.74. The Labute approximate surface area is 572 Å². The molecule has 1 aliphatic heterocycles. The molecule has 3 atom stereocenters. The van der Waals surface area contributed by atoms with E-state index in [0.717, 1.165) is 72.3 Å². The van der Waals surface area contributed by atoms with Crippen molar-refractivity contribution in [2.24, 2.45) is 4.52 Å². The van der Waals surface area contributed by atoms with Crippen LogP contribution in [0.4, 0.5) is 0 Å². The zero-order valence-corrected chi connectivity index (χ0v) is 60.9. The Bertz CT molecular complexity index is 4400. The molecule has 0 amide bonds. The predicted molar refractivity (Wildman–Crippen MR) is 386 cm³/mol. The van der Waals surface area contributed by atoms with Gasteiger partial charge in [0.05, 0.1) is 0 Å². The zero-order chi connectivity index (χ0) is 68.9. The van der Waals surface area contributed by atoms with Gasteiger partial charge in [0, 0.05) is 0 Å². The van der Waals surface area contributed by atoms with E-state index in [9.17, 15) is 15.3 Å². The van der Waals surface area contributed by atoms with E-state index in [1.807, 2.05) is 218 Å². The molecular formula is C74H78N5O13P5. The number of hydrogen-bond donors (Lipinski definition) is 3. The summed E-state index contributed by atoms with van der Waals surface area (Å²) in [5, 5.41) is 33.5. The van der Waals surface area contributed by atoms with Crippen molar-refractivity contribution in [3.63, 3.8) is 0 Å². The zero-order valence-electron chi connectivity index (χ0n) is 56.4. The second-order valence-electron chi connectivity index (χ2n) is 23.5. The third-order valence-corrected chi connectivity index (χ3v) is 28.1. The maximum atomic E-state index is 11.2. The van der Waals surface area contributed by atoms with Crippen molar-refractivity contribution in [1.29, 1.82) is 0 Å². The number of aromatic hydroxyl groups is 3. The Morgan fingerprint density at radius 2 is 0.557 bits per heavy atom. The van der Waals surface area contributed by atoms with Crippen molar-refractivity contribution in [1.82, 2.24) is 18.4 Å². The molecular weight excluding hydrogens is 1320 g/mol. The summed E-state index contributed by atoms with van der Waals surface area (Å²) in [6, 6.07) is 58.3. The van der Waals surface area contributed by atoms with E-state index in [1.54, 1.807) is 51.7 Å². The monoisotopic (exact) mass is 1400 g/mol. The maximum absolute atomic E-state index is 11.2. The minimum absolute atomic E-state index is 0.0342. The van der Waals surface area contributed by atoms with Gasteiger partial charge in [-0.05, 0) is 0 Å². The summed E-state index contributed by atoms with van der Waals surface area (Å²) in [6.45, 7) is 27.7. The molecule has 3 N–H and O–H groups in total. The average molecular weight is 1400 g/mol. The minimum atomic E-state index is -6.60. The SMILES string of the molecule is Cc1cccc(ON2P=NP(Oc3ccc(O)cc3)(Oc3ccc(O)cc3)(Oc3ccc(O)cc3)N(Oc3cccc(C)c3C)P(Oc3cccc(C)c3C)N(Oc3cccc(C)c3C)P(Oc3cccc(C)c3C)N(Oc3cccc(C)c3C)P2Oc2cccc(C)c2C)c1C. The predicted octanol–water partition coefficient (Wildman–Crippen LogP) is 21.9. The molecule has 3 unspecified atom stereocenters. The van der Waals surface area contributed by atoms with E-state index in [2.05, 4.69) is 0 Å². The van der Waals surface area contributed by atoms with Crippen LogP contribution in [0.15, 0.2) is 205 Å². The molecule has 0 saturated heterocycles. The van der Waals surface area contributed by atoms with E-state index in [1.165, 1.54) is 45.6 Å². The van der Waals surface area contributed by atoms with Gasteiger partial charge in [0.2, 0.25) is 0 Å². The summed E-state index contributed by atoms with van der Waals surface area (Å²) in [5.41, 5.74) is 11.6. The summed E-state index contributed by atoms with van der Waals surface area (Å²) >= 11 is 0. The average Bonchev–Trinajstić information content (AvgIpc) is 0.704. The first-order valence-electron chi connectivity index (χ1n) is 31.2. The van der Waals surface area contributed by atoms with Crippen molar-refractivity contribution < 1.29 is 61.8 Å². The molecule has 1 aliphatic rings. The van der Waals surface area contributed by atoms with Crippen LogP contribution < -0.4 is 46.5 Å². The van der Waals surface area contributed by atoms with Crippen molar-refractivity contribution in [2.75, 3.05) is 0 Å². The first-order valence-corrected chi connectivity index (χ1v) is 37.4. The standard InChI is InChI=1S/C74H78N5O13P5/c1-48-22-15-29-68(55(48)8)83-76-93-75-97(90-65-42-36-62(80)37-43-65,91-66-44-38-63(81)39-45-66,92-67-46-40-64(82)41-47-67)79(86-71-32-18-25-51(4)58(71)11)96(89-74-35-21-28-54(7)61(74)14)78(85-70-31-17-24-50(3)57(70)10)95(88-73-34-20-27-53(6)60(73)13)77(84-69-30-16-23-49(2)56(69)9)94(76)87-72-33-19-26-52(5)59(72)12/h15-47,80-82H,1-14H3. The van der Waals surface area contributed by atoms with E-state index >= 15 is 0 Å². The van der Waals surface area contributed by atoms with Crippen molar-refractivity contribution in [3.8, 4) is 74.7 Å². The van der Waals surface area contributed by atoms with E-state index in [0.29, 0.717) is 40.1 Å². The first-order chi connectivity index (χ1) is 46.5. The van der Waals surface area contributed by atoms with Crippen LogP contribution in [0.1, 0.15) is 77.9 Å². The van der Waals surface area contributed by atoms with E-state index in [4.69, 9.17) is 51.0 Å². The molecule has 1 heterocycles. The van der Waals surface area contributed by atoms with Gasteiger partial charge in [-0.2, -0.15) is 0 Å². The van der Waals surface area contributed by atoms with Gasteiger partial charge in [-0.15, -0.1) is 0 Å². The number of hydrogen-bond acceptors (Lipinski definition) is 18. The molecule has 0 saturated carbocycles. The molecule has 0 spiro atoms. The van der Waals surface area contributed by atoms with Gasteiger partial charge in [0.1, 0.15) is 0 Å². The summed E-state index contributed by atoms with van der Waals surface area (Å²) in [5.74, 6) is 2.46. The van der Waals surface area contributed by atoms with Gasteiger partial charge in [-0.3, -0.25) is 0 Å². The Morgan fingerprint density at radius 3 is 0.887 bits per heavy atom. The van der Waals surface area contributed by atoms with Crippen LogP contribution in [0.2, 0.25) is 0 Å². The summed E-state index contributed by atoms with van der Waals surface area (Å²) in [6.07, 6.45) is 0. The second-order valence-corrected chi connectivity index (χ2v) is 32.8. The van der Waals surface area contributed by atoms with Crippen molar-refractivity contribution >= 4 is 41.5 Å².